The topological polar surface area (TPSA) is 35.5 Å². The molecule has 3 atom stereocenters. The maximum atomic E-state index is 11.9. The van der Waals surface area contributed by atoms with Gasteiger partial charge in [0.05, 0.1) is 6.61 Å². The highest BCUT2D eigenvalue weighted by Crippen LogP contribution is 2.37. The van der Waals surface area contributed by atoms with E-state index in [1.54, 1.807) is 0 Å². The third-order valence-corrected chi connectivity index (χ3v) is 11.5. The van der Waals surface area contributed by atoms with Crippen LogP contribution in [0.15, 0.2) is 60.7 Å². The van der Waals surface area contributed by atoms with Crippen molar-refractivity contribution in [3.05, 3.63) is 60.7 Å². The number of ether oxygens (including phenoxy) is 1. The Morgan fingerprint density at radius 1 is 0.875 bits per heavy atom. The van der Waals surface area contributed by atoms with Crippen molar-refractivity contribution >= 4 is 24.7 Å². The van der Waals surface area contributed by atoms with Crippen LogP contribution in [0.2, 0.25) is 5.04 Å². The molecule has 0 bridgehead atoms. The number of hydrogen-bond acceptors (Lipinski definition) is 3. The summed E-state index contributed by atoms with van der Waals surface area (Å²) in [5, 5.41) is 2.61. The van der Waals surface area contributed by atoms with E-state index in [0.29, 0.717) is 37.4 Å². The highest BCUT2D eigenvalue weighted by atomic mass is 28.4. The first-order valence-electron chi connectivity index (χ1n) is 12.0. The van der Waals surface area contributed by atoms with Gasteiger partial charge in [-0.1, -0.05) is 102 Å². The van der Waals surface area contributed by atoms with Gasteiger partial charge in [-0.05, 0) is 46.5 Å². The van der Waals surface area contributed by atoms with Crippen LogP contribution in [-0.4, -0.2) is 27.5 Å². The van der Waals surface area contributed by atoms with Crippen molar-refractivity contribution in [1.29, 1.82) is 0 Å². The minimum absolute atomic E-state index is 0.0156. The SMILES string of the molecule is CCOC(=O)C[C@H](C)[C@@H](C)C[C@H](C)CO[Si](c1ccccc1)(c1ccccc1)C(C)(C)C. The van der Waals surface area contributed by atoms with Crippen LogP contribution in [0.4, 0.5) is 0 Å². The summed E-state index contributed by atoms with van der Waals surface area (Å²) in [5.41, 5.74) is 0. The molecule has 0 fully saturated rings. The van der Waals surface area contributed by atoms with Crippen molar-refractivity contribution < 1.29 is 14.0 Å². The Hall–Kier alpha value is -1.91. The van der Waals surface area contributed by atoms with Crippen LogP contribution >= 0.6 is 0 Å². The number of hydrogen-bond donors (Lipinski definition) is 0. The normalized spacial score (nSPS) is 15.1. The van der Waals surface area contributed by atoms with Gasteiger partial charge in [0.1, 0.15) is 0 Å². The van der Waals surface area contributed by atoms with Crippen molar-refractivity contribution in [2.24, 2.45) is 17.8 Å². The zero-order valence-corrected chi connectivity index (χ0v) is 22.1. The first kappa shape index (κ1) is 26.3. The van der Waals surface area contributed by atoms with Crippen LogP contribution in [0.25, 0.3) is 0 Å². The maximum Gasteiger partial charge on any atom is 0.306 e. The van der Waals surface area contributed by atoms with E-state index in [1.165, 1.54) is 10.4 Å². The fourth-order valence-electron chi connectivity index (χ4n) is 4.65. The molecule has 0 aromatic heterocycles. The Morgan fingerprint density at radius 3 is 1.81 bits per heavy atom. The molecule has 0 heterocycles. The molecule has 2 aromatic carbocycles. The molecule has 0 saturated carbocycles. The molecular weight excluding hydrogens is 412 g/mol. The quantitative estimate of drug-likeness (QED) is 0.317. The van der Waals surface area contributed by atoms with Crippen molar-refractivity contribution in [1.82, 2.24) is 0 Å². The predicted octanol–water partition coefficient (Wildman–Crippen LogP) is 5.81. The second kappa shape index (κ2) is 11.8. The van der Waals surface area contributed by atoms with E-state index in [2.05, 4.69) is 102 Å². The zero-order chi connectivity index (χ0) is 23.8. The largest absolute Gasteiger partial charge is 0.466 e. The summed E-state index contributed by atoms with van der Waals surface area (Å²) >= 11 is 0. The van der Waals surface area contributed by atoms with Gasteiger partial charge in [0.15, 0.2) is 0 Å². The van der Waals surface area contributed by atoms with Crippen molar-refractivity contribution in [3.63, 3.8) is 0 Å². The van der Waals surface area contributed by atoms with Crippen molar-refractivity contribution in [2.75, 3.05) is 13.2 Å². The smallest absolute Gasteiger partial charge is 0.306 e. The zero-order valence-electron chi connectivity index (χ0n) is 21.1. The van der Waals surface area contributed by atoms with E-state index in [4.69, 9.17) is 9.16 Å². The van der Waals surface area contributed by atoms with E-state index < -0.39 is 8.32 Å². The average molecular weight is 455 g/mol. The molecule has 0 spiro atoms. The van der Waals surface area contributed by atoms with E-state index in [0.717, 1.165) is 6.42 Å². The molecule has 32 heavy (non-hydrogen) atoms. The Morgan fingerprint density at radius 2 is 1.38 bits per heavy atom. The molecule has 0 radical (unpaired) electrons. The molecule has 0 N–H and O–H groups in total. The minimum Gasteiger partial charge on any atom is -0.466 e. The molecule has 4 heteroatoms. The predicted molar refractivity (Wildman–Crippen MR) is 137 cm³/mol. The summed E-state index contributed by atoms with van der Waals surface area (Å²) in [6.07, 6.45) is 1.51. The van der Waals surface area contributed by atoms with Gasteiger partial charge < -0.3 is 9.16 Å². The first-order chi connectivity index (χ1) is 15.1. The van der Waals surface area contributed by atoms with E-state index in [1.807, 2.05) is 6.92 Å². The van der Waals surface area contributed by atoms with Crippen LogP contribution in [0.5, 0.6) is 0 Å². The Bertz CT molecular complexity index is 774. The third-order valence-electron chi connectivity index (χ3n) is 6.54. The summed E-state index contributed by atoms with van der Waals surface area (Å²) in [4.78, 5) is 11.9. The average Bonchev–Trinajstić information content (AvgIpc) is 2.74. The second-order valence-electron chi connectivity index (χ2n) is 10.3. The summed E-state index contributed by atoms with van der Waals surface area (Å²) in [5.74, 6) is 1.03. The van der Waals surface area contributed by atoms with Gasteiger partial charge >= 0.3 is 5.97 Å². The van der Waals surface area contributed by atoms with Gasteiger partial charge in [0.25, 0.3) is 8.32 Å². The van der Waals surface area contributed by atoms with Crippen LogP contribution in [0, 0.1) is 17.8 Å². The molecule has 0 aliphatic heterocycles. The molecule has 176 valence electrons. The second-order valence-corrected chi connectivity index (χ2v) is 14.6. The molecule has 0 aliphatic carbocycles. The lowest BCUT2D eigenvalue weighted by Crippen LogP contribution is -2.66. The molecule has 2 aromatic rings. The van der Waals surface area contributed by atoms with Crippen LogP contribution < -0.4 is 10.4 Å². The van der Waals surface area contributed by atoms with Gasteiger partial charge in [-0.15, -0.1) is 0 Å². The van der Waals surface area contributed by atoms with Crippen LogP contribution in [0.1, 0.15) is 61.3 Å². The van der Waals surface area contributed by atoms with Crippen LogP contribution in [-0.2, 0) is 14.0 Å². The highest BCUT2D eigenvalue weighted by Gasteiger charge is 2.50. The number of esters is 1. The summed E-state index contributed by atoms with van der Waals surface area (Å²) in [7, 11) is -2.50. The summed E-state index contributed by atoms with van der Waals surface area (Å²) in [6, 6.07) is 21.6. The highest BCUT2D eigenvalue weighted by molar-refractivity contribution is 6.99. The Kier molecular flexibility index (Phi) is 9.72. The molecule has 0 amide bonds. The Labute approximate surface area is 196 Å². The van der Waals surface area contributed by atoms with Crippen molar-refractivity contribution in [3.8, 4) is 0 Å². The summed E-state index contributed by atoms with van der Waals surface area (Å²) in [6.45, 7) is 16.6. The number of benzene rings is 2. The van der Waals surface area contributed by atoms with Gasteiger partial charge in [0.2, 0.25) is 0 Å². The number of carbonyl (C=O) groups is 1. The fraction of sp³-hybridized carbons (Fsp3) is 0.536. The maximum absolute atomic E-state index is 11.9. The first-order valence-corrected chi connectivity index (χ1v) is 13.9. The van der Waals surface area contributed by atoms with E-state index in [-0.39, 0.29) is 11.0 Å². The van der Waals surface area contributed by atoms with E-state index in [9.17, 15) is 4.79 Å². The van der Waals surface area contributed by atoms with Gasteiger partial charge in [-0.2, -0.15) is 0 Å². The lowest BCUT2D eigenvalue weighted by Gasteiger charge is -2.43. The van der Waals surface area contributed by atoms with Crippen molar-refractivity contribution in [2.45, 2.75) is 66.3 Å². The van der Waals surface area contributed by atoms with Gasteiger partial charge in [-0.3, -0.25) is 4.79 Å². The number of carbonyl (C=O) groups excluding carboxylic acids is 1. The fourth-order valence-corrected chi connectivity index (χ4v) is 9.34. The molecule has 0 saturated heterocycles. The lowest BCUT2D eigenvalue weighted by atomic mass is 9.86. The van der Waals surface area contributed by atoms with E-state index >= 15 is 0 Å². The molecule has 0 unspecified atom stereocenters. The molecular formula is C28H42O3Si. The summed E-state index contributed by atoms with van der Waals surface area (Å²) < 4.78 is 12.2. The van der Waals surface area contributed by atoms with Gasteiger partial charge in [-0.25, -0.2) is 0 Å². The molecule has 3 nitrogen and oxygen atoms in total. The minimum atomic E-state index is -2.50. The third kappa shape index (κ3) is 6.55. The van der Waals surface area contributed by atoms with Crippen LogP contribution in [0.3, 0.4) is 0 Å². The monoisotopic (exact) mass is 454 g/mol. The number of rotatable bonds is 11. The molecule has 0 aliphatic rings. The molecule has 2 rings (SSSR count). The van der Waals surface area contributed by atoms with Gasteiger partial charge in [0, 0.05) is 13.0 Å². The standard InChI is InChI=1S/C28H42O3Si/c1-8-30-27(29)20-24(4)23(3)19-22(2)21-31-32(28(5,6)7,25-15-11-9-12-16-25)26-17-13-10-14-18-26/h9-18,22-24H,8,19-21H2,1-7H3/t22-,23-,24-/m0/s1. The lowest BCUT2D eigenvalue weighted by molar-refractivity contribution is -0.144. The Balaban J connectivity index is 2.21.